The van der Waals surface area contributed by atoms with E-state index in [2.05, 4.69) is 0 Å². The first-order valence-electron chi connectivity index (χ1n) is 8.17. The Morgan fingerprint density at radius 2 is 1.73 bits per heavy atom. The Balaban J connectivity index is 2.03. The highest BCUT2D eigenvalue weighted by atomic mass is 16.5. The zero-order chi connectivity index (χ0) is 18.3. The highest BCUT2D eigenvalue weighted by Gasteiger charge is 2.16. The summed E-state index contributed by atoms with van der Waals surface area (Å²) < 4.78 is 7.98. The SMILES string of the molecule is COc1ccc2cc1Cn1ccc(=O)n(c1=O)Cc1cccc(c1)C2=O. The van der Waals surface area contributed by atoms with Crippen molar-refractivity contribution >= 4 is 5.78 Å². The van der Waals surface area contributed by atoms with E-state index in [9.17, 15) is 14.4 Å². The van der Waals surface area contributed by atoms with Gasteiger partial charge in [-0.25, -0.2) is 4.79 Å². The summed E-state index contributed by atoms with van der Waals surface area (Å²) in [5.74, 6) is 0.469. The van der Waals surface area contributed by atoms with Crippen molar-refractivity contribution in [3.8, 4) is 5.75 Å². The minimum Gasteiger partial charge on any atom is -0.496 e. The van der Waals surface area contributed by atoms with Crippen LogP contribution in [0.5, 0.6) is 5.75 Å². The third-order valence-corrected chi connectivity index (χ3v) is 4.55. The molecule has 26 heavy (non-hydrogen) atoms. The standard InChI is InChI=1S/C20H16N2O4/c1-26-17-6-5-15-10-16(17)12-21-8-7-18(23)22(20(21)25)11-13-3-2-4-14(9-13)19(15)24/h2-10H,11-12H2,1H3. The van der Waals surface area contributed by atoms with Gasteiger partial charge < -0.3 is 4.74 Å². The van der Waals surface area contributed by atoms with E-state index in [4.69, 9.17) is 4.74 Å². The molecule has 130 valence electrons. The highest BCUT2D eigenvalue weighted by Crippen LogP contribution is 2.23. The average Bonchev–Trinajstić information content (AvgIpc) is 2.66. The van der Waals surface area contributed by atoms with Crippen molar-refractivity contribution in [1.29, 1.82) is 0 Å². The molecule has 0 N–H and O–H groups in total. The van der Waals surface area contributed by atoms with E-state index in [1.54, 1.807) is 42.5 Å². The fraction of sp³-hybridized carbons (Fsp3) is 0.150. The van der Waals surface area contributed by atoms with Gasteiger partial charge in [0.15, 0.2) is 5.78 Å². The Bertz CT molecular complexity index is 1140. The van der Waals surface area contributed by atoms with Crippen LogP contribution >= 0.6 is 0 Å². The van der Waals surface area contributed by atoms with Gasteiger partial charge >= 0.3 is 5.69 Å². The number of hydrogen-bond acceptors (Lipinski definition) is 4. The number of nitrogens with zero attached hydrogens (tertiary/aromatic N) is 2. The van der Waals surface area contributed by atoms with Crippen LogP contribution in [-0.2, 0) is 13.1 Å². The molecular weight excluding hydrogens is 332 g/mol. The van der Waals surface area contributed by atoms with Crippen LogP contribution in [0.2, 0.25) is 0 Å². The van der Waals surface area contributed by atoms with E-state index in [0.717, 1.165) is 5.56 Å². The maximum absolute atomic E-state index is 12.8. The van der Waals surface area contributed by atoms with Gasteiger partial charge in [-0.15, -0.1) is 0 Å². The summed E-state index contributed by atoms with van der Waals surface area (Å²) >= 11 is 0. The predicted molar refractivity (Wildman–Crippen MR) is 96.0 cm³/mol. The fourth-order valence-electron chi connectivity index (χ4n) is 3.21. The van der Waals surface area contributed by atoms with E-state index < -0.39 is 5.69 Å². The molecule has 2 aromatic carbocycles. The smallest absolute Gasteiger partial charge is 0.331 e. The minimum atomic E-state index is -0.401. The zero-order valence-electron chi connectivity index (χ0n) is 14.1. The molecule has 4 rings (SSSR count). The molecule has 6 nitrogen and oxygen atoms in total. The molecular formula is C20H16N2O4. The summed E-state index contributed by atoms with van der Waals surface area (Å²) in [6.07, 6.45) is 1.47. The Morgan fingerprint density at radius 1 is 0.923 bits per heavy atom. The first-order valence-corrected chi connectivity index (χ1v) is 8.17. The molecule has 1 aromatic heterocycles. The molecule has 0 unspecified atom stereocenters. The molecule has 6 heteroatoms. The van der Waals surface area contributed by atoms with Crippen molar-refractivity contribution in [3.63, 3.8) is 0 Å². The third kappa shape index (κ3) is 2.65. The van der Waals surface area contributed by atoms with Crippen molar-refractivity contribution in [2.24, 2.45) is 0 Å². The molecule has 1 aliphatic rings. The summed E-state index contributed by atoms with van der Waals surface area (Å²) in [6, 6.07) is 13.5. The van der Waals surface area contributed by atoms with Crippen molar-refractivity contribution in [3.05, 3.63) is 97.8 Å². The van der Waals surface area contributed by atoms with E-state index in [-0.39, 0.29) is 24.4 Å². The summed E-state index contributed by atoms with van der Waals surface area (Å²) in [6.45, 7) is 0.321. The number of aromatic nitrogens is 2. The Morgan fingerprint density at radius 3 is 2.54 bits per heavy atom. The van der Waals surface area contributed by atoms with Crippen LogP contribution in [0.3, 0.4) is 0 Å². The van der Waals surface area contributed by atoms with E-state index >= 15 is 0 Å². The number of hydrogen-bond donors (Lipinski definition) is 0. The monoisotopic (exact) mass is 348 g/mol. The van der Waals surface area contributed by atoms with E-state index in [1.165, 1.54) is 28.5 Å². The molecule has 0 saturated heterocycles. The number of ketones is 1. The Labute approximate surface area is 148 Å². The predicted octanol–water partition coefficient (Wildman–Crippen LogP) is 1.66. The molecule has 3 aromatic rings. The minimum absolute atomic E-state index is 0.111. The lowest BCUT2D eigenvalue weighted by Gasteiger charge is -2.15. The zero-order valence-corrected chi connectivity index (χ0v) is 14.1. The second-order valence-electron chi connectivity index (χ2n) is 6.21. The summed E-state index contributed by atoms with van der Waals surface area (Å²) in [4.78, 5) is 37.8. The van der Waals surface area contributed by atoms with Gasteiger partial charge in [-0.3, -0.25) is 18.7 Å². The first kappa shape index (κ1) is 16.1. The van der Waals surface area contributed by atoms with Gasteiger partial charge in [-0.2, -0.15) is 0 Å². The molecule has 0 atom stereocenters. The van der Waals surface area contributed by atoms with Gasteiger partial charge in [-0.05, 0) is 29.8 Å². The Kier molecular flexibility index (Phi) is 3.80. The van der Waals surface area contributed by atoms with Crippen LogP contribution in [0.25, 0.3) is 0 Å². The number of rotatable bonds is 1. The second kappa shape index (κ2) is 6.15. The van der Waals surface area contributed by atoms with Crippen molar-refractivity contribution < 1.29 is 9.53 Å². The maximum atomic E-state index is 12.8. The van der Waals surface area contributed by atoms with E-state index in [1.807, 2.05) is 0 Å². The lowest BCUT2D eigenvalue weighted by atomic mass is 9.99. The van der Waals surface area contributed by atoms with Crippen LogP contribution < -0.4 is 16.0 Å². The van der Waals surface area contributed by atoms with Gasteiger partial charge in [0.2, 0.25) is 0 Å². The fourth-order valence-corrected chi connectivity index (χ4v) is 3.21. The summed E-state index contributed by atoms with van der Waals surface area (Å²) in [5.41, 5.74) is 1.69. The van der Waals surface area contributed by atoms with Crippen molar-refractivity contribution in [1.82, 2.24) is 9.13 Å². The molecule has 1 aliphatic heterocycles. The number of ether oxygens (including phenoxy) is 1. The number of carbonyl (C=O) groups is 1. The average molecular weight is 348 g/mol. The first-order chi connectivity index (χ1) is 12.6. The molecule has 2 heterocycles. The lowest BCUT2D eigenvalue weighted by Crippen LogP contribution is -2.39. The summed E-state index contributed by atoms with van der Waals surface area (Å²) in [7, 11) is 1.54. The van der Waals surface area contributed by atoms with Crippen LogP contribution in [0, 0.1) is 0 Å². The molecule has 6 bridgehead atoms. The van der Waals surface area contributed by atoms with Crippen LogP contribution in [0.1, 0.15) is 27.0 Å². The normalized spacial score (nSPS) is 12.9. The molecule has 0 saturated carbocycles. The molecule has 0 amide bonds. The number of fused-ring (bicyclic) bond motifs is 6. The molecule has 0 radical (unpaired) electrons. The van der Waals surface area contributed by atoms with Crippen molar-refractivity contribution in [2.45, 2.75) is 13.1 Å². The number of methoxy groups -OCH3 is 1. The second-order valence-corrected chi connectivity index (χ2v) is 6.21. The topological polar surface area (TPSA) is 70.3 Å². The van der Waals surface area contributed by atoms with Gasteiger partial charge in [0.25, 0.3) is 5.56 Å². The lowest BCUT2D eigenvalue weighted by molar-refractivity contribution is 0.103. The van der Waals surface area contributed by atoms with Gasteiger partial charge in [0.1, 0.15) is 5.75 Å². The van der Waals surface area contributed by atoms with Crippen LogP contribution in [0.4, 0.5) is 0 Å². The van der Waals surface area contributed by atoms with Gasteiger partial charge in [0, 0.05) is 29.0 Å². The molecule has 0 spiro atoms. The van der Waals surface area contributed by atoms with Crippen molar-refractivity contribution in [2.75, 3.05) is 7.11 Å². The maximum Gasteiger partial charge on any atom is 0.331 e. The number of benzene rings is 2. The summed E-state index contributed by atoms with van der Waals surface area (Å²) in [5, 5.41) is 0. The largest absolute Gasteiger partial charge is 0.496 e. The molecule has 0 fully saturated rings. The van der Waals surface area contributed by atoms with Crippen LogP contribution in [0.15, 0.2) is 64.3 Å². The number of carbonyl (C=O) groups excluding carboxylic acids is 1. The van der Waals surface area contributed by atoms with Crippen LogP contribution in [-0.4, -0.2) is 22.0 Å². The third-order valence-electron chi connectivity index (χ3n) is 4.55. The van der Waals surface area contributed by atoms with E-state index in [0.29, 0.717) is 22.4 Å². The van der Waals surface area contributed by atoms with Gasteiger partial charge in [0.05, 0.1) is 20.2 Å². The molecule has 0 aliphatic carbocycles. The highest BCUT2D eigenvalue weighted by molar-refractivity contribution is 6.09. The Hall–Kier alpha value is -3.41. The quantitative estimate of drug-likeness (QED) is 0.525. The van der Waals surface area contributed by atoms with Gasteiger partial charge in [-0.1, -0.05) is 18.2 Å².